The number of alkyl halides is 6. The van der Waals surface area contributed by atoms with E-state index in [1.807, 2.05) is 29.1 Å². The predicted molar refractivity (Wildman–Crippen MR) is 143 cm³/mol. The highest BCUT2D eigenvalue weighted by Crippen LogP contribution is 2.35. The van der Waals surface area contributed by atoms with Gasteiger partial charge in [0, 0.05) is 12.6 Å². The van der Waals surface area contributed by atoms with Gasteiger partial charge in [-0.05, 0) is 73.0 Å². The van der Waals surface area contributed by atoms with Crippen molar-refractivity contribution in [2.24, 2.45) is 0 Å². The molecule has 1 aromatic heterocycles. The van der Waals surface area contributed by atoms with Crippen LogP contribution in [0.2, 0.25) is 0 Å². The lowest BCUT2D eigenvalue weighted by Gasteiger charge is -2.30. The molecule has 1 fully saturated rings. The molecule has 1 aliphatic heterocycles. The summed E-state index contributed by atoms with van der Waals surface area (Å²) in [5.74, 6) is -1.04. The number of carboxylic acids is 1. The maximum absolute atomic E-state index is 13.8. The first-order valence-corrected chi connectivity index (χ1v) is 13.3. The van der Waals surface area contributed by atoms with Crippen LogP contribution in [-0.2, 0) is 47.6 Å². The maximum Gasteiger partial charge on any atom is 0.419 e. The molecule has 1 aliphatic rings. The van der Waals surface area contributed by atoms with Crippen molar-refractivity contribution in [1.29, 1.82) is 0 Å². The van der Waals surface area contributed by atoms with Crippen molar-refractivity contribution in [3.63, 3.8) is 0 Å². The average Bonchev–Trinajstić information content (AvgIpc) is 2.92. The number of carbonyl (C=O) groups excluding carboxylic acids is 1. The number of aryl methyl sites for hydroxylation is 2. The lowest BCUT2D eigenvalue weighted by Crippen LogP contribution is -2.36. The Morgan fingerprint density at radius 1 is 0.976 bits per heavy atom. The first-order chi connectivity index (χ1) is 19.8. The van der Waals surface area contributed by atoms with Crippen LogP contribution in [0.4, 0.5) is 26.3 Å². The summed E-state index contributed by atoms with van der Waals surface area (Å²) in [6.07, 6.45) is -7.79. The second kappa shape index (κ2) is 13.1. The fourth-order valence-corrected chi connectivity index (χ4v) is 5.28. The minimum Gasteiger partial charge on any atom is -0.481 e. The summed E-state index contributed by atoms with van der Waals surface area (Å²) in [4.78, 5) is 32.0. The minimum absolute atomic E-state index is 0.00835. The van der Waals surface area contributed by atoms with E-state index in [4.69, 9.17) is 5.11 Å². The van der Waals surface area contributed by atoms with E-state index in [2.05, 4.69) is 9.97 Å². The Hall–Kier alpha value is -3.74. The third kappa shape index (κ3) is 7.96. The molecule has 0 saturated carbocycles. The lowest BCUT2D eigenvalue weighted by molar-refractivity contribution is -0.140. The van der Waals surface area contributed by atoms with Gasteiger partial charge in [0.2, 0.25) is 0 Å². The highest BCUT2D eigenvalue weighted by atomic mass is 19.4. The molecule has 1 radical (unpaired) electrons. The molecule has 2 heterocycles. The molecule has 0 spiro atoms. The van der Waals surface area contributed by atoms with Crippen molar-refractivity contribution in [3.8, 4) is 0 Å². The molecule has 0 unspecified atom stereocenters. The Morgan fingerprint density at radius 2 is 1.64 bits per heavy atom. The monoisotopic (exact) mass is 590 g/mol. The normalized spacial score (nSPS) is 15.0. The number of carbonyl (C=O) groups is 2. The molecular weight excluding hydrogens is 563 g/mol. The number of hydrogen-bond donors (Lipinski definition) is 1. The molecular formula is C29H27BF6N3O3. The third-order valence-electron chi connectivity index (χ3n) is 7.38. The van der Waals surface area contributed by atoms with E-state index >= 15 is 0 Å². The molecule has 0 bridgehead atoms. The summed E-state index contributed by atoms with van der Waals surface area (Å²) in [5.41, 5.74) is -1.18. The standard InChI is InChI=1S/C29H27BF6N3O3/c31-28(32,33)23-3-1-2-21(22(23)15-27(41)42)8-9-25-24(29(34,35)36)16-37-26(38-25)14-18-4-6-19(7-5-18)20-10-12-39(13-11-20)30-17-40/h1-7,16-17,20H,8-15H2,(H,41,42). The molecule has 1 saturated heterocycles. The fraction of sp³-hybridized carbons (Fsp3) is 0.379. The molecule has 0 amide bonds. The molecule has 1 N–H and O–H groups in total. The zero-order chi connectivity index (χ0) is 30.5. The summed E-state index contributed by atoms with van der Waals surface area (Å²) < 4.78 is 81.9. The molecule has 4 rings (SSSR count). The van der Waals surface area contributed by atoms with E-state index in [1.165, 1.54) is 13.5 Å². The number of aliphatic carboxylic acids is 1. The molecule has 3 aromatic rings. The van der Waals surface area contributed by atoms with Crippen LogP contribution in [0.15, 0.2) is 48.7 Å². The summed E-state index contributed by atoms with van der Waals surface area (Å²) in [6.45, 7) is 1.54. The Labute approximate surface area is 239 Å². The van der Waals surface area contributed by atoms with E-state index in [1.54, 1.807) is 0 Å². The van der Waals surface area contributed by atoms with Crippen LogP contribution in [0.5, 0.6) is 0 Å². The quantitative estimate of drug-likeness (QED) is 0.191. The van der Waals surface area contributed by atoms with Crippen LogP contribution in [0, 0.1) is 0 Å². The molecule has 0 aliphatic carbocycles. The number of rotatable bonds is 10. The summed E-state index contributed by atoms with van der Waals surface area (Å²) in [6, 6.07) is 10.8. The largest absolute Gasteiger partial charge is 0.481 e. The summed E-state index contributed by atoms with van der Waals surface area (Å²) in [5, 5.41) is 9.16. The Balaban J connectivity index is 1.53. The number of hydrogen-bond acceptors (Lipinski definition) is 5. The van der Waals surface area contributed by atoms with Crippen molar-refractivity contribution in [1.82, 2.24) is 14.8 Å². The van der Waals surface area contributed by atoms with Gasteiger partial charge < -0.3 is 14.7 Å². The number of benzene rings is 2. The predicted octanol–water partition coefficient (Wildman–Crippen LogP) is 5.51. The van der Waals surface area contributed by atoms with Crippen molar-refractivity contribution < 1.29 is 41.0 Å². The van der Waals surface area contributed by atoms with Gasteiger partial charge in [0.05, 0.1) is 29.4 Å². The molecule has 13 heteroatoms. The van der Waals surface area contributed by atoms with E-state index in [9.17, 15) is 35.9 Å². The zero-order valence-electron chi connectivity index (χ0n) is 22.4. The second-order valence-corrected chi connectivity index (χ2v) is 10.2. The van der Waals surface area contributed by atoms with Crippen molar-refractivity contribution >= 4 is 19.6 Å². The van der Waals surface area contributed by atoms with Crippen LogP contribution >= 0.6 is 0 Å². The zero-order valence-corrected chi connectivity index (χ0v) is 22.4. The number of piperidine rings is 1. The fourth-order valence-electron chi connectivity index (χ4n) is 5.28. The van der Waals surface area contributed by atoms with Crippen molar-refractivity contribution in [3.05, 3.63) is 93.6 Å². The number of halogens is 6. The molecule has 2 aromatic carbocycles. The van der Waals surface area contributed by atoms with Gasteiger partial charge in [-0.1, -0.05) is 36.4 Å². The third-order valence-corrected chi connectivity index (χ3v) is 7.38. The molecule has 221 valence electrons. The molecule has 42 heavy (non-hydrogen) atoms. The van der Waals surface area contributed by atoms with E-state index < -0.39 is 41.4 Å². The minimum atomic E-state index is -4.82. The lowest BCUT2D eigenvalue weighted by atomic mass is 9.84. The molecule has 6 nitrogen and oxygen atoms in total. The van der Waals surface area contributed by atoms with Gasteiger partial charge in [-0.2, -0.15) is 26.3 Å². The van der Waals surface area contributed by atoms with Crippen molar-refractivity contribution in [2.45, 2.75) is 56.8 Å². The van der Waals surface area contributed by atoms with Gasteiger partial charge >= 0.3 is 18.3 Å². The van der Waals surface area contributed by atoms with Crippen LogP contribution in [-0.4, -0.2) is 52.5 Å². The van der Waals surface area contributed by atoms with Gasteiger partial charge in [0.15, 0.2) is 0 Å². The van der Waals surface area contributed by atoms with Gasteiger partial charge in [0.1, 0.15) is 5.82 Å². The molecule has 0 atom stereocenters. The number of carboxylic acid groups (broad SMARTS) is 1. The highest BCUT2D eigenvalue weighted by molar-refractivity contribution is 6.64. The summed E-state index contributed by atoms with van der Waals surface area (Å²) >= 11 is 0. The van der Waals surface area contributed by atoms with Crippen LogP contribution in [0.25, 0.3) is 0 Å². The Bertz CT molecular complexity index is 1410. The van der Waals surface area contributed by atoms with Crippen molar-refractivity contribution in [2.75, 3.05) is 13.1 Å². The second-order valence-electron chi connectivity index (χ2n) is 10.2. The van der Waals surface area contributed by atoms with Gasteiger partial charge in [-0.3, -0.25) is 4.79 Å². The van der Waals surface area contributed by atoms with E-state index in [0.29, 0.717) is 12.1 Å². The van der Waals surface area contributed by atoms with Gasteiger partial charge in [0.25, 0.3) is 7.41 Å². The smallest absolute Gasteiger partial charge is 0.419 e. The Morgan fingerprint density at radius 3 is 2.24 bits per heavy atom. The van der Waals surface area contributed by atoms with Crippen LogP contribution in [0.1, 0.15) is 63.7 Å². The Kier molecular flexibility index (Phi) is 9.70. The van der Waals surface area contributed by atoms with Gasteiger partial charge in [-0.25, -0.2) is 9.97 Å². The number of aromatic nitrogens is 2. The van der Waals surface area contributed by atoms with Crippen LogP contribution in [0.3, 0.4) is 0 Å². The number of nitrogens with zero attached hydrogens (tertiary/aromatic N) is 3. The topological polar surface area (TPSA) is 83.4 Å². The SMILES string of the molecule is O=C[B]N1CCC(c2ccc(Cc3ncc(C(F)(F)F)c(CCc4cccc(C(F)(F)F)c4CC(=O)O)n3)cc2)CC1. The van der Waals surface area contributed by atoms with E-state index in [0.717, 1.165) is 55.4 Å². The van der Waals surface area contributed by atoms with Gasteiger partial charge in [-0.15, -0.1) is 0 Å². The average molecular weight is 590 g/mol. The summed E-state index contributed by atoms with van der Waals surface area (Å²) in [7, 11) is 1.53. The first kappa shape index (κ1) is 31.2. The highest BCUT2D eigenvalue weighted by Gasteiger charge is 2.36. The van der Waals surface area contributed by atoms with E-state index in [-0.39, 0.29) is 36.3 Å². The maximum atomic E-state index is 13.8. The first-order valence-electron chi connectivity index (χ1n) is 13.3. The van der Waals surface area contributed by atoms with Crippen LogP contribution < -0.4 is 0 Å².